The van der Waals surface area contributed by atoms with Crippen molar-refractivity contribution in [3.05, 3.63) is 44.6 Å². The molecule has 20 heavy (non-hydrogen) atoms. The van der Waals surface area contributed by atoms with E-state index >= 15 is 0 Å². The van der Waals surface area contributed by atoms with Gasteiger partial charge in [-0.05, 0) is 47.6 Å². The van der Waals surface area contributed by atoms with Crippen molar-refractivity contribution < 1.29 is 4.39 Å². The first kappa shape index (κ1) is 15.5. The van der Waals surface area contributed by atoms with Gasteiger partial charge in [-0.2, -0.15) is 0 Å². The fourth-order valence-corrected chi connectivity index (χ4v) is 3.42. The molecule has 1 atom stereocenters. The molecule has 1 unspecified atom stereocenters. The Labute approximate surface area is 129 Å². The van der Waals surface area contributed by atoms with Crippen molar-refractivity contribution in [1.82, 2.24) is 15.0 Å². The number of benzene rings is 1. The molecule has 1 heterocycles. The normalized spacial score (nSPS) is 12.9. The van der Waals surface area contributed by atoms with Crippen LogP contribution in [0.2, 0.25) is 0 Å². The van der Waals surface area contributed by atoms with Crippen molar-refractivity contribution >= 4 is 27.5 Å². The predicted octanol–water partition coefficient (Wildman–Crippen LogP) is 3.31. The number of nitrogens with two attached hydrogens (primary N) is 1. The molecule has 2 rings (SSSR count). The molecular formula is C13H16BrFN4S. The second-order valence-electron chi connectivity index (χ2n) is 4.88. The molecule has 0 radical (unpaired) electrons. The lowest BCUT2D eigenvalue weighted by atomic mass is 10.0. The van der Waals surface area contributed by atoms with Crippen molar-refractivity contribution in [2.75, 3.05) is 0 Å². The minimum Gasteiger partial charge on any atom is -0.271 e. The highest BCUT2D eigenvalue weighted by Crippen LogP contribution is 2.29. The van der Waals surface area contributed by atoms with Crippen molar-refractivity contribution in [2.24, 2.45) is 5.84 Å². The Bertz CT molecular complexity index is 567. The summed E-state index contributed by atoms with van der Waals surface area (Å²) in [4.78, 5) is 1.00. The number of hydrogen-bond donors (Lipinski definition) is 2. The maximum atomic E-state index is 13.4. The van der Waals surface area contributed by atoms with E-state index in [9.17, 15) is 4.39 Å². The van der Waals surface area contributed by atoms with Crippen LogP contribution in [0.15, 0.2) is 22.7 Å². The van der Waals surface area contributed by atoms with Gasteiger partial charge < -0.3 is 0 Å². The fraction of sp³-hybridized carbons (Fsp3) is 0.385. The molecule has 0 aliphatic rings. The number of rotatable bonds is 5. The van der Waals surface area contributed by atoms with Gasteiger partial charge in [-0.15, -0.1) is 5.10 Å². The van der Waals surface area contributed by atoms with Gasteiger partial charge in [0, 0.05) is 4.47 Å². The number of hydrogen-bond acceptors (Lipinski definition) is 5. The van der Waals surface area contributed by atoms with Crippen molar-refractivity contribution in [2.45, 2.75) is 32.2 Å². The highest BCUT2D eigenvalue weighted by Gasteiger charge is 2.21. The zero-order valence-corrected chi connectivity index (χ0v) is 13.6. The number of nitrogens with one attached hydrogen (secondary N) is 1. The van der Waals surface area contributed by atoms with Crippen LogP contribution in [0, 0.1) is 5.82 Å². The number of aromatic nitrogens is 2. The van der Waals surface area contributed by atoms with E-state index in [1.807, 2.05) is 6.07 Å². The van der Waals surface area contributed by atoms with Gasteiger partial charge in [0.25, 0.3) is 0 Å². The lowest BCUT2D eigenvalue weighted by Crippen LogP contribution is -2.29. The summed E-state index contributed by atoms with van der Waals surface area (Å²) in [5.74, 6) is 5.66. The summed E-state index contributed by atoms with van der Waals surface area (Å²) in [7, 11) is 0. The lowest BCUT2D eigenvalue weighted by molar-refractivity contribution is 0.547. The second kappa shape index (κ2) is 6.71. The Morgan fingerprint density at radius 1 is 1.40 bits per heavy atom. The Kier molecular flexibility index (Phi) is 5.20. The molecule has 1 aromatic heterocycles. The van der Waals surface area contributed by atoms with E-state index < -0.39 is 0 Å². The van der Waals surface area contributed by atoms with Gasteiger partial charge in [-0.25, -0.2) is 4.39 Å². The Morgan fingerprint density at radius 2 is 2.15 bits per heavy atom. The van der Waals surface area contributed by atoms with Crippen molar-refractivity contribution in [3.8, 4) is 0 Å². The molecular weight excluding hydrogens is 343 g/mol. The van der Waals surface area contributed by atoms with Gasteiger partial charge in [-0.3, -0.25) is 11.3 Å². The van der Waals surface area contributed by atoms with Gasteiger partial charge in [0.1, 0.15) is 5.82 Å². The van der Waals surface area contributed by atoms with E-state index in [0.29, 0.717) is 6.42 Å². The predicted molar refractivity (Wildman–Crippen MR) is 81.9 cm³/mol. The Balaban J connectivity index is 2.26. The van der Waals surface area contributed by atoms with Crippen LogP contribution in [-0.4, -0.2) is 9.59 Å². The van der Waals surface area contributed by atoms with Crippen LogP contribution < -0.4 is 11.3 Å². The number of hydrazine groups is 1. The van der Waals surface area contributed by atoms with E-state index in [0.717, 1.165) is 20.6 Å². The summed E-state index contributed by atoms with van der Waals surface area (Å²) >= 11 is 4.63. The Morgan fingerprint density at radius 3 is 2.75 bits per heavy atom. The molecule has 0 aliphatic heterocycles. The molecule has 4 nitrogen and oxygen atoms in total. The quantitative estimate of drug-likeness (QED) is 0.635. The maximum absolute atomic E-state index is 13.4. The van der Waals surface area contributed by atoms with Gasteiger partial charge in [0.15, 0.2) is 0 Å². The van der Waals surface area contributed by atoms with Crippen LogP contribution in [0.5, 0.6) is 0 Å². The molecule has 1 aromatic carbocycles. The number of halogens is 2. The molecule has 0 fully saturated rings. The maximum Gasteiger partial charge on any atom is 0.124 e. The zero-order chi connectivity index (χ0) is 14.7. The first-order chi connectivity index (χ1) is 9.51. The minimum absolute atomic E-state index is 0.124. The van der Waals surface area contributed by atoms with E-state index in [1.165, 1.54) is 23.7 Å². The summed E-state index contributed by atoms with van der Waals surface area (Å²) < 4.78 is 18.1. The number of nitrogens with zero attached hydrogens (tertiary/aromatic N) is 2. The molecule has 108 valence electrons. The second-order valence-corrected chi connectivity index (χ2v) is 6.58. The zero-order valence-electron chi connectivity index (χ0n) is 11.2. The van der Waals surface area contributed by atoms with Crippen LogP contribution in [-0.2, 0) is 6.42 Å². The molecule has 3 N–H and O–H groups in total. The van der Waals surface area contributed by atoms with Gasteiger partial charge >= 0.3 is 0 Å². The van der Waals surface area contributed by atoms with Crippen LogP contribution in [0.25, 0.3) is 0 Å². The summed E-state index contributed by atoms with van der Waals surface area (Å²) in [6.07, 6.45) is 0.580. The summed E-state index contributed by atoms with van der Waals surface area (Å²) in [5.41, 5.74) is 4.58. The van der Waals surface area contributed by atoms with E-state index in [1.54, 1.807) is 0 Å². The highest BCUT2D eigenvalue weighted by atomic mass is 79.9. The average Bonchev–Trinajstić information content (AvgIpc) is 2.83. The van der Waals surface area contributed by atoms with Crippen LogP contribution in [0.4, 0.5) is 4.39 Å². The third kappa shape index (κ3) is 3.60. The molecule has 0 saturated carbocycles. The van der Waals surface area contributed by atoms with Crippen molar-refractivity contribution in [1.29, 1.82) is 0 Å². The van der Waals surface area contributed by atoms with Crippen molar-refractivity contribution in [3.63, 3.8) is 0 Å². The standard InChI is InChI=1S/C13H16BrFN4S/c1-7(2)12-13(20-19-18-12)11(17-16)5-8-3-9(14)6-10(15)4-8/h3-4,6-7,11,17H,5,16H2,1-2H3. The molecule has 0 bridgehead atoms. The smallest absolute Gasteiger partial charge is 0.124 e. The molecule has 7 heteroatoms. The van der Waals surface area contributed by atoms with Crippen LogP contribution >= 0.6 is 27.5 Å². The fourth-order valence-electron chi connectivity index (χ4n) is 2.04. The minimum atomic E-state index is -0.267. The third-order valence-electron chi connectivity index (χ3n) is 2.97. The third-order valence-corrected chi connectivity index (χ3v) is 4.28. The van der Waals surface area contributed by atoms with E-state index in [4.69, 9.17) is 5.84 Å². The molecule has 2 aromatic rings. The SMILES string of the molecule is CC(C)c1nnsc1C(Cc1cc(F)cc(Br)c1)NN. The largest absolute Gasteiger partial charge is 0.271 e. The first-order valence-electron chi connectivity index (χ1n) is 6.24. The van der Waals surface area contributed by atoms with Crippen LogP contribution in [0.3, 0.4) is 0 Å². The van der Waals surface area contributed by atoms with E-state index in [2.05, 4.69) is 44.8 Å². The molecule has 0 spiro atoms. The average molecular weight is 359 g/mol. The van der Waals surface area contributed by atoms with E-state index in [-0.39, 0.29) is 17.8 Å². The lowest BCUT2D eigenvalue weighted by Gasteiger charge is -2.16. The highest BCUT2D eigenvalue weighted by molar-refractivity contribution is 9.10. The van der Waals surface area contributed by atoms with Gasteiger partial charge in [0.05, 0.1) is 16.6 Å². The molecule has 0 amide bonds. The van der Waals surface area contributed by atoms with Gasteiger partial charge in [0.2, 0.25) is 0 Å². The van der Waals surface area contributed by atoms with Gasteiger partial charge in [-0.1, -0.05) is 34.3 Å². The monoisotopic (exact) mass is 358 g/mol. The summed E-state index contributed by atoms with van der Waals surface area (Å²) in [6.45, 7) is 4.12. The topological polar surface area (TPSA) is 63.8 Å². The summed E-state index contributed by atoms with van der Waals surface area (Å²) in [5, 5.41) is 4.15. The Hall–Kier alpha value is -0.890. The van der Waals surface area contributed by atoms with Crippen LogP contribution in [0.1, 0.15) is 41.9 Å². The molecule has 0 saturated heterocycles. The summed E-state index contributed by atoms with van der Waals surface area (Å²) in [6, 6.07) is 4.71. The first-order valence-corrected chi connectivity index (χ1v) is 7.81. The molecule has 0 aliphatic carbocycles.